The van der Waals surface area contributed by atoms with Crippen LogP contribution in [0.3, 0.4) is 0 Å². The van der Waals surface area contributed by atoms with Crippen LogP contribution < -0.4 is 24.8 Å². The third-order valence-corrected chi connectivity index (χ3v) is 4.17. The maximum atomic E-state index is 6.12. The Balaban J connectivity index is 1.88. The Bertz CT molecular complexity index is 655. The van der Waals surface area contributed by atoms with E-state index in [4.69, 9.17) is 14.2 Å². The van der Waals surface area contributed by atoms with Gasteiger partial charge in [0.25, 0.3) is 0 Å². The summed E-state index contributed by atoms with van der Waals surface area (Å²) in [5.41, 5.74) is 2.21. The first kappa shape index (κ1) is 16.6. The van der Waals surface area contributed by atoms with Crippen LogP contribution in [0.1, 0.15) is 17.2 Å². The first-order chi connectivity index (χ1) is 11.8. The predicted octanol–water partition coefficient (Wildman–Crippen LogP) is 2.52. The van der Waals surface area contributed by atoms with Gasteiger partial charge in [0, 0.05) is 37.3 Å². The maximum Gasteiger partial charge on any atom is 0.164 e. The van der Waals surface area contributed by atoms with Crippen molar-refractivity contribution in [1.29, 1.82) is 0 Å². The van der Waals surface area contributed by atoms with Gasteiger partial charge in [0.15, 0.2) is 11.5 Å². The molecular weight excluding hydrogens is 304 g/mol. The first-order valence-electron chi connectivity index (χ1n) is 8.18. The van der Waals surface area contributed by atoms with Gasteiger partial charge in [-0.2, -0.15) is 0 Å². The van der Waals surface area contributed by atoms with Crippen LogP contribution in [0.15, 0.2) is 42.5 Å². The molecule has 1 saturated heterocycles. The molecule has 2 N–H and O–H groups in total. The number of nitrogens with one attached hydrogen (secondary N) is 2. The topological polar surface area (TPSA) is 51.8 Å². The van der Waals surface area contributed by atoms with Crippen LogP contribution in [-0.4, -0.2) is 33.9 Å². The van der Waals surface area contributed by atoms with E-state index in [1.165, 1.54) is 0 Å². The SMILES string of the molecule is COc1cc(OCc2ccccc2)c([C@@H]2CNCCN2)cc1OC. The molecule has 0 radical (unpaired) electrons. The third kappa shape index (κ3) is 3.80. The van der Waals surface area contributed by atoms with E-state index in [1.54, 1.807) is 14.2 Å². The van der Waals surface area contributed by atoms with Gasteiger partial charge in [-0.05, 0) is 11.6 Å². The minimum Gasteiger partial charge on any atom is -0.493 e. The Morgan fingerprint density at radius 1 is 0.958 bits per heavy atom. The standard InChI is InChI=1S/C19H24N2O3/c1-22-18-10-15(16-12-20-8-9-21-16)17(11-19(18)23-2)24-13-14-6-4-3-5-7-14/h3-7,10-11,16,20-21H,8-9,12-13H2,1-2H3/t16-/m0/s1. The molecule has 3 rings (SSSR count). The smallest absolute Gasteiger partial charge is 0.164 e. The molecular formula is C19H24N2O3. The molecule has 0 unspecified atom stereocenters. The van der Waals surface area contributed by atoms with Crippen molar-refractivity contribution in [2.24, 2.45) is 0 Å². The van der Waals surface area contributed by atoms with Crippen LogP contribution in [0.5, 0.6) is 17.2 Å². The minimum atomic E-state index is 0.185. The van der Waals surface area contributed by atoms with Crippen molar-refractivity contribution in [3.63, 3.8) is 0 Å². The highest BCUT2D eigenvalue weighted by molar-refractivity contribution is 5.52. The number of hydrogen-bond acceptors (Lipinski definition) is 5. The molecule has 2 aromatic rings. The summed E-state index contributed by atoms with van der Waals surface area (Å²) in [5, 5.41) is 6.93. The molecule has 1 aliphatic heterocycles. The number of rotatable bonds is 6. The zero-order valence-corrected chi connectivity index (χ0v) is 14.2. The lowest BCUT2D eigenvalue weighted by molar-refractivity contribution is 0.290. The fourth-order valence-corrected chi connectivity index (χ4v) is 2.88. The van der Waals surface area contributed by atoms with E-state index in [0.717, 1.165) is 36.5 Å². The van der Waals surface area contributed by atoms with Gasteiger partial charge in [0.1, 0.15) is 12.4 Å². The van der Waals surface area contributed by atoms with Gasteiger partial charge in [-0.1, -0.05) is 30.3 Å². The van der Waals surface area contributed by atoms with E-state index in [-0.39, 0.29) is 6.04 Å². The van der Waals surface area contributed by atoms with Crippen molar-refractivity contribution >= 4 is 0 Å². The zero-order chi connectivity index (χ0) is 16.8. The second-order valence-corrected chi connectivity index (χ2v) is 5.73. The second kappa shape index (κ2) is 8.04. The molecule has 0 bridgehead atoms. The lowest BCUT2D eigenvalue weighted by Crippen LogP contribution is -2.42. The van der Waals surface area contributed by atoms with Crippen molar-refractivity contribution in [3.05, 3.63) is 53.6 Å². The Morgan fingerprint density at radius 3 is 2.38 bits per heavy atom. The normalized spacial score (nSPS) is 17.3. The van der Waals surface area contributed by atoms with Gasteiger partial charge in [-0.15, -0.1) is 0 Å². The molecule has 0 spiro atoms. The van der Waals surface area contributed by atoms with Crippen molar-refractivity contribution < 1.29 is 14.2 Å². The molecule has 0 aromatic heterocycles. The monoisotopic (exact) mass is 328 g/mol. The lowest BCUT2D eigenvalue weighted by atomic mass is 10.0. The number of hydrogen-bond donors (Lipinski definition) is 2. The summed E-state index contributed by atoms with van der Waals surface area (Å²) in [6, 6.07) is 14.2. The second-order valence-electron chi connectivity index (χ2n) is 5.73. The quantitative estimate of drug-likeness (QED) is 0.853. The van der Waals surface area contributed by atoms with Gasteiger partial charge in [0.2, 0.25) is 0 Å². The van der Waals surface area contributed by atoms with E-state index in [9.17, 15) is 0 Å². The van der Waals surface area contributed by atoms with Crippen LogP contribution in [-0.2, 0) is 6.61 Å². The van der Waals surface area contributed by atoms with E-state index in [2.05, 4.69) is 22.8 Å². The maximum absolute atomic E-state index is 6.12. The zero-order valence-electron chi connectivity index (χ0n) is 14.2. The van der Waals surface area contributed by atoms with E-state index in [1.807, 2.05) is 30.3 Å². The molecule has 2 aromatic carbocycles. The predicted molar refractivity (Wildman–Crippen MR) is 93.9 cm³/mol. The molecule has 0 amide bonds. The van der Waals surface area contributed by atoms with Gasteiger partial charge in [0.05, 0.1) is 14.2 Å². The Hall–Kier alpha value is -2.24. The highest BCUT2D eigenvalue weighted by atomic mass is 16.5. The van der Waals surface area contributed by atoms with Crippen molar-refractivity contribution in [2.45, 2.75) is 12.6 Å². The summed E-state index contributed by atoms with van der Waals surface area (Å²) in [6.45, 7) is 3.28. The fraction of sp³-hybridized carbons (Fsp3) is 0.368. The molecule has 128 valence electrons. The molecule has 5 nitrogen and oxygen atoms in total. The van der Waals surface area contributed by atoms with Crippen molar-refractivity contribution in [3.8, 4) is 17.2 Å². The van der Waals surface area contributed by atoms with Crippen LogP contribution in [0, 0.1) is 0 Å². The summed E-state index contributed by atoms with van der Waals surface area (Å²) in [6.07, 6.45) is 0. The minimum absolute atomic E-state index is 0.185. The van der Waals surface area contributed by atoms with Gasteiger partial charge in [-0.25, -0.2) is 0 Å². The summed E-state index contributed by atoms with van der Waals surface area (Å²) < 4.78 is 17.0. The summed E-state index contributed by atoms with van der Waals surface area (Å²) in [4.78, 5) is 0. The van der Waals surface area contributed by atoms with Gasteiger partial charge in [-0.3, -0.25) is 0 Å². The van der Waals surface area contributed by atoms with Crippen molar-refractivity contribution in [1.82, 2.24) is 10.6 Å². The molecule has 1 fully saturated rings. The average molecular weight is 328 g/mol. The van der Waals surface area contributed by atoms with E-state index >= 15 is 0 Å². The van der Waals surface area contributed by atoms with Crippen molar-refractivity contribution in [2.75, 3.05) is 33.9 Å². The summed E-state index contributed by atoms with van der Waals surface area (Å²) in [5.74, 6) is 2.21. The third-order valence-electron chi connectivity index (χ3n) is 4.17. The number of piperazine rings is 1. The lowest BCUT2D eigenvalue weighted by Gasteiger charge is -2.27. The highest BCUT2D eigenvalue weighted by Gasteiger charge is 2.21. The molecule has 0 saturated carbocycles. The largest absolute Gasteiger partial charge is 0.493 e. The van der Waals surface area contributed by atoms with E-state index < -0.39 is 0 Å². The Kier molecular flexibility index (Phi) is 5.56. The first-order valence-corrected chi connectivity index (χ1v) is 8.18. The highest BCUT2D eigenvalue weighted by Crippen LogP contribution is 2.38. The summed E-state index contributed by atoms with van der Waals surface area (Å²) in [7, 11) is 3.29. The van der Waals surface area contributed by atoms with Crippen LogP contribution in [0.2, 0.25) is 0 Å². The Labute approximate surface area is 142 Å². The molecule has 5 heteroatoms. The number of methoxy groups -OCH3 is 2. The van der Waals surface area contributed by atoms with Crippen LogP contribution >= 0.6 is 0 Å². The van der Waals surface area contributed by atoms with Crippen LogP contribution in [0.25, 0.3) is 0 Å². The molecule has 0 aliphatic carbocycles. The number of ether oxygens (including phenoxy) is 3. The molecule has 24 heavy (non-hydrogen) atoms. The molecule has 1 aliphatic rings. The number of benzene rings is 2. The fourth-order valence-electron chi connectivity index (χ4n) is 2.88. The Morgan fingerprint density at radius 2 is 1.71 bits per heavy atom. The van der Waals surface area contributed by atoms with Gasteiger partial charge >= 0.3 is 0 Å². The molecule has 1 heterocycles. The van der Waals surface area contributed by atoms with E-state index in [0.29, 0.717) is 18.1 Å². The molecule has 1 atom stereocenters. The summed E-state index contributed by atoms with van der Waals surface area (Å²) >= 11 is 0. The van der Waals surface area contributed by atoms with Gasteiger partial charge < -0.3 is 24.8 Å². The van der Waals surface area contributed by atoms with Crippen LogP contribution in [0.4, 0.5) is 0 Å². The average Bonchev–Trinajstić information content (AvgIpc) is 2.67.